The summed E-state index contributed by atoms with van der Waals surface area (Å²) in [5.41, 5.74) is 5.99. The van der Waals surface area contributed by atoms with Gasteiger partial charge in [-0.05, 0) is 40.2 Å². The molecule has 1 aromatic heterocycles. The summed E-state index contributed by atoms with van der Waals surface area (Å²) in [4.78, 5) is 0. The molecule has 0 atom stereocenters. The monoisotopic (exact) mass is 322 g/mol. The maximum atomic E-state index is 12.0. The first-order valence-electron chi connectivity index (χ1n) is 4.63. The quantitative estimate of drug-likeness (QED) is 0.917. The molecule has 2 rings (SSSR count). The lowest BCUT2D eigenvalue weighted by Crippen LogP contribution is -2.16. The van der Waals surface area contributed by atoms with Crippen molar-refractivity contribution in [1.82, 2.24) is 5.16 Å². The van der Waals surface area contributed by atoms with E-state index in [1.165, 1.54) is 24.3 Å². The second kappa shape index (κ2) is 4.52. The fourth-order valence-electron chi connectivity index (χ4n) is 1.28. The number of alkyl halides is 3. The van der Waals surface area contributed by atoms with Crippen molar-refractivity contribution in [3.8, 4) is 17.1 Å². The highest BCUT2D eigenvalue weighted by atomic mass is 79.9. The van der Waals surface area contributed by atoms with E-state index >= 15 is 0 Å². The van der Waals surface area contributed by atoms with E-state index in [2.05, 4.69) is 25.8 Å². The van der Waals surface area contributed by atoms with E-state index in [0.29, 0.717) is 15.8 Å². The molecule has 0 unspecified atom stereocenters. The van der Waals surface area contributed by atoms with Crippen molar-refractivity contribution >= 4 is 21.7 Å². The minimum absolute atomic E-state index is 0.167. The number of nitrogens with two attached hydrogens (primary N) is 1. The molecule has 0 spiro atoms. The van der Waals surface area contributed by atoms with E-state index in [4.69, 9.17) is 10.3 Å². The number of halogens is 4. The lowest BCUT2D eigenvalue weighted by Gasteiger charge is -2.08. The van der Waals surface area contributed by atoms with E-state index in [9.17, 15) is 13.2 Å². The number of anilines is 1. The molecule has 0 saturated carbocycles. The molecule has 18 heavy (non-hydrogen) atoms. The standard InChI is InChI=1S/C10H6BrF3N2O2/c11-7-8(18-16-9(7)15)5-1-3-6(4-2-5)17-10(12,13)14/h1-4H,(H2,15,16). The van der Waals surface area contributed by atoms with Gasteiger partial charge in [-0.2, -0.15) is 0 Å². The number of ether oxygens (including phenoxy) is 1. The van der Waals surface area contributed by atoms with Crippen LogP contribution >= 0.6 is 15.9 Å². The normalized spacial score (nSPS) is 11.6. The van der Waals surface area contributed by atoms with Gasteiger partial charge >= 0.3 is 6.36 Å². The summed E-state index contributed by atoms with van der Waals surface area (Å²) in [6, 6.07) is 5.17. The molecule has 0 bridgehead atoms. The molecule has 0 radical (unpaired) electrons. The molecule has 1 aromatic carbocycles. The van der Waals surface area contributed by atoms with Crippen molar-refractivity contribution in [2.24, 2.45) is 0 Å². The third-order valence-corrected chi connectivity index (χ3v) is 2.78. The number of nitrogens with zero attached hydrogens (tertiary/aromatic N) is 1. The summed E-state index contributed by atoms with van der Waals surface area (Å²) < 4.78 is 45.0. The first kappa shape index (κ1) is 12.7. The maximum absolute atomic E-state index is 12.0. The molecule has 8 heteroatoms. The maximum Gasteiger partial charge on any atom is 0.573 e. The molecule has 0 amide bonds. The lowest BCUT2D eigenvalue weighted by molar-refractivity contribution is -0.274. The molecule has 1 heterocycles. The van der Waals surface area contributed by atoms with Crippen LogP contribution in [0.5, 0.6) is 5.75 Å². The number of hydrogen-bond donors (Lipinski definition) is 1. The Hall–Kier alpha value is -1.70. The summed E-state index contributed by atoms with van der Waals surface area (Å²) in [5.74, 6) is 0.196. The van der Waals surface area contributed by atoms with Crippen molar-refractivity contribution in [2.75, 3.05) is 5.73 Å². The van der Waals surface area contributed by atoms with Crippen LogP contribution in [0, 0.1) is 0 Å². The number of benzene rings is 1. The molecular weight excluding hydrogens is 317 g/mol. The summed E-state index contributed by atoms with van der Waals surface area (Å²) in [5, 5.41) is 3.52. The Labute approximate surface area is 108 Å². The first-order valence-corrected chi connectivity index (χ1v) is 5.43. The molecule has 0 aliphatic rings. The summed E-state index contributed by atoms with van der Waals surface area (Å²) in [7, 11) is 0. The van der Waals surface area contributed by atoms with Gasteiger partial charge in [0.25, 0.3) is 0 Å². The Morgan fingerprint density at radius 2 is 1.83 bits per heavy atom. The highest BCUT2D eigenvalue weighted by Gasteiger charge is 2.31. The second-order valence-corrected chi connectivity index (χ2v) is 4.08. The van der Waals surface area contributed by atoms with Gasteiger partial charge in [0.1, 0.15) is 10.2 Å². The molecule has 0 fully saturated rings. The lowest BCUT2D eigenvalue weighted by atomic mass is 10.2. The third-order valence-electron chi connectivity index (χ3n) is 2.01. The molecule has 0 saturated heterocycles. The topological polar surface area (TPSA) is 61.3 Å². The van der Waals surface area contributed by atoms with E-state index in [1.54, 1.807) is 0 Å². The zero-order chi connectivity index (χ0) is 13.3. The molecule has 96 valence electrons. The van der Waals surface area contributed by atoms with Crippen molar-refractivity contribution < 1.29 is 22.4 Å². The van der Waals surface area contributed by atoms with E-state index in [0.717, 1.165) is 0 Å². The number of aromatic nitrogens is 1. The largest absolute Gasteiger partial charge is 0.573 e. The Morgan fingerprint density at radius 3 is 2.28 bits per heavy atom. The molecule has 0 aliphatic heterocycles. The van der Waals surface area contributed by atoms with Crippen LogP contribution in [-0.4, -0.2) is 11.5 Å². The van der Waals surface area contributed by atoms with Crippen LogP contribution < -0.4 is 10.5 Å². The number of nitrogen functional groups attached to an aromatic ring is 1. The molecule has 2 N–H and O–H groups in total. The predicted molar refractivity (Wildman–Crippen MR) is 60.7 cm³/mol. The van der Waals surface area contributed by atoms with Crippen LogP contribution in [0.1, 0.15) is 0 Å². The minimum Gasteiger partial charge on any atom is -0.406 e. The fourth-order valence-corrected chi connectivity index (χ4v) is 1.65. The van der Waals surface area contributed by atoms with Gasteiger partial charge in [-0.15, -0.1) is 13.2 Å². The second-order valence-electron chi connectivity index (χ2n) is 3.28. The van der Waals surface area contributed by atoms with Crippen LogP contribution in [0.15, 0.2) is 33.3 Å². The zero-order valence-electron chi connectivity index (χ0n) is 8.66. The van der Waals surface area contributed by atoms with Gasteiger partial charge in [0.2, 0.25) is 0 Å². The van der Waals surface area contributed by atoms with Crippen molar-refractivity contribution in [1.29, 1.82) is 0 Å². The average Bonchev–Trinajstić information content (AvgIpc) is 2.59. The zero-order valence-corrected chi connectivity index (χ0v) is 10.2. The Kier molecular flexibility index (Phi) is 3.20. The van der Waals surface area contributed by atoms with Gasteiger partial charge in [0, 0.05) is 5.56 Å². The van der Waals surface area contributed by atoms with Crippen LogP contribution in [0.4, 0.5) is 19.0 Å². The fraction of sp³-hybridized carbons (Fsp3) is 0.100. The smallest absolute Gasteiger partial charge is 0.406 e. The Bertz CT molecular complexity index is 551. The summed E-state index contributed by atoms with van der Waals surface area (Å²) >= 11 is 3.16. The number of rotatable bonds is 2. The van der Waals surface area contributed by atoms with Crippen molar-refractivity contribution in [2.45, 2.75) is 6.36 Å². The molecule has 0 aliphatic carbocycles. The summed E-state index contributed by atoms with van der Waals surface area (Å²) in [6.07, 6.45) is -4.71. The first-order chi connectivity index (χ1) is 8.37. The molecule has 2 aromatic rings. The van der Waals surface area contributed by atoms with Gasteiger partial charge in [-0.3, -0.25) is 0 Å². The van der Waals surface area contributed by atoms with Gasteiger partial charge in [-0.1, -0.05) is 5.16 Å². The van der Waals surface area contributed by atoms with E-state index in [1.807, 2.05) is 0 Å². The highest BCUT2D eigenvalue weighted by molar-refractivity contribution is 9.10. The minimum atomic E-state index is -4.71. The highest BCUT2D eigenvalue weighted by Crippen LogP contribution is 2.33. The van der Waals surface area contributed by atoms with Crippen LogP contribution in [0.3, 0.4) is 0 Å². The van der Waals surface area contributed by atoms with Gasteiger partial charge in [0.05, 0.1) is 0 Å². The van der Waals surface area contributed by atoms with E-state index < -0.39 is 6.36 Å². The van der Waals surface area contributed by atoms with Crippen LogP contribution in [0.2, 0.25) is 0 Å². The van der Waals surface area contributed by atoms with Crippen LogP contribution in [-0.2, 0) is 0 Å². The van der Waals surface area contributed by atoms with Crippen molar-refractivity contribution in [3.63, 3.8) is 0 Å². The summed E-state index contributed by atoms with van der Waals surface area (Å²) in [6.45, 7) is 0. The average molecular weight is 323 g/mol. The van der Waals surface area contributed by atoms with Gasteiger partial charge in [-0.25, -0.2) is 0 Å². The Balaban J connectivity index is 2.25. The molecular formula is C10H6BrF3N2O2. The number of hydrogen-bond acceptors (Lipinski definition) is 4. The Morgan fingerprint density at radius 1 is 1.22 bits per heavy atom. The molecule has 4 nitrogen and oxygen atoms in total. The van der Waals surface area contributed by atoms with E-state index in [-0.39, 0.29) is 11.6 Å². The van der Waals surface area contributed by atoms with Gasteiger partial charge < -0.3 is 15.0 Å². The predicted octanol–water partition coefficient (Wildman–Crippen LogP) is 3.58. The SMILES string of the molecule is Nc1noc(-c2ccc(OC(F)(F)F)cc2)c1Br. The third kappa shape index (κ3) is 2.76. The van der Waals surface area contributed by atoms with Gasteiger partial charge in [0.15, 0.2) is 11.6 Å². The van der Waals surface area contributed by atoms with Crippen molar-refractivity contribution in [3.05, 3.63) is 28.7 Å². The van der Waals surface area contributed by atoms with Crippen LogP contribution in [0.25, 0.3) is 11.3 Å².